The summed E-state index contributed by atoms with van der Waals surface area (Å²) in [5.41, 5.74) is 7.57. The molecule has 0 saturated carbocycles. The van der Waals surface area contributed by atoms with Crippen LogP contribution < -0.4 is 5.32 Å². The lowest BCUT2D eigenvalue weighted by Crippen LogP contribution is -2.18. The lowest BCUT2D eigenvalue weighted by atomic mass is 9.93. The fraction of sp³-hybridized carbons (Fsp3) is 0.333. The number of anilines is 1. The van der Waals surface area contributed by atoms with Crippen LogP contribution in [0.1, 0.15) is 46.6 Å². The zero-order valence-corrected chi connectivity index (χ0v) is 15.9. The van der Waals surface area contributed by atoms with Crippen molar-refractivity contribution in [1.82, 2.24) is 19.7 Å². The van der Waals surface area contributed by atoms with Crippen LogP contribution in [-0.2, 0) is 32.7 Å². The van der Waals surface area contributed by atoms with Crippen LogP contribution >= 0.6 is 0 Å². The molecule has 0 bridgehead atoms. The van der Waals surface area contributed by atoms with Crippen molar-refractivity contribution in [3.8, 4) is 11.4 Å². The number of carbonyl (C=O) groups is 1. The summed E-state index contributed by atoms with van der Waals surface area (Å²) < 4.78 is 1.77. The summed E-state index contributed by atoms with van der Waals surface area (Å²) in [5, 5.41) is 7.68. The molecule has 1 N–H and O–H groups in total. The molecule has 3 aromatic rings. The van der Waals surface area contributed by atoms with Crippen LogP contribution in [0.15, 0.2) is 30.7 Å². The van der Waals surface area contributed by atoms with Gasteiger partial charge in [0.05, 0.1) is 11.4 Å². The Balaban J connectivity index is 1.74. The van der Waals surface area contributed by atoms with E-state index in [4.69, 9.17) is 0 Å². The largest absolute Gasteiger partial charge is 0.320 e. The quantitative estimate of drug-likeness (QED) is 0.773. The second kappa shape index (κ2) is 6.95. The van der Waals surface area contributed by atoms with Crippen molar-refractivity contribution in [2.45, 2.75) is 39.5 Å². The monoisotopic (exact) mass is 361 g/mol. The van der Waals surface area contributed by atoms with Crippen LogP contribution in [0.5, 0.6) is 0 Å². The maximum Gasteiger partial charge on any atom is 0.276 e. The Morgan fingerprint density at radius 2 is 1.93 bits per heavy atom. The standard InChI is InChI=1S/C21H23N5O/c1-4-13-7-6-8-14(5-2)17(13)24-21(27)19-16-10-9-15-11-22-12-23-18(15)20(16)26(3)25-19/h6-8,11-12H,4-5,9-10H2,1-3H3,(H,24,27). The van der Waals surface area contributed by atoms with Gasteiger partial charge < -0.3 is 5.32 Å². The minimum Gasteiger partial charge on any atom is -0.320 e. The molecule has 1 aromatic carbocycles. The Kier molecular flexibility index (Phi) is 4.48. The number of hydrogen-bond acceptors (Lipinski definition) is 4. The van der Waals surface area contributed by atoms with Gasteiger partial charge in [-0.3, -0.25) is 9.48 Å². The minimum atomic E-state index is -0.153. The first-order valence-corrected chi connectivity index (χ1v) is 9.41. The van der Waals surface area contributed by atoms with Crippen LogP contribution in [0, 0.1) is 0 Å². The van der Waals surface area contributed by atoms with Crippen molar-refractivity contribution in [3.63, 3.8) is 0 Å². The molecule has 4 rings (SSSR count). The third kappa shape index (κ3) is 2.91. The number of carbonyl (C=O) groups excluding carboxylic acids is 1. The van der Waals surface area contributed by atoms with Crippen LogP contribution in [-0.4, -0.2) is 25.7 Å². The van der Waals surface area contributed by atoms with Crippen LogP contribution in [0.25, 0.3) is 11.4 Å². The first kappa shape index (κ1) is 17.4. The summed E-state index contributed by atoms with van der Waals surface area (Å²) in [5.74, 6) is -0.153. The van der Waals surface area contributed by atoms with Gasteiger partial charge in [-0.25, -0.2) is 9.97 Å². The molecular formula is C21H23N5O. The smallest absolute Gasteiger partial charge is 0.276 e. The topological polar surface area (TPSA) is 72.7 Å². The van der Waals surface area contributed by atoms with E-state index in [-0.39, 0.29) is 5.91 Å². The molecule has 6 nitrogen and oxygen atoms in total. The zero-order valence-electron chi connectivity index (χ0n) is 15.9. The van der Waals surface area contributed by atoms with Gasteiger partial charge in [0.2, 0.25) is 0 Å². The second-order valence-electron chi connectivity index (χ2n) is 6.81. The van der Waals surface area contributed by atoms with Crippen molar-refractivity contribution in [2.75, 3.05) is 5.32 Å². The Morgan fingerprint density at radius 1 is 1.19 bits per heavy atom. The van der Waals surface area contributed by atoms with Gasteiger partial charge in [-0.1, -0.05) is 32.0 Å². The van der Waals surface area contributed by atoms with E-state index < -0.39 is 0 Å². The summed E-state index contributed by atoms with van der Waals surface area (Å²) in [6, 6.07) is 6.18. The molecule has 138 valence electrons. The maximum atomic E-state index is 13.1. The Hall–Kier alpha value is -3.02. The number of nitrogens with one attached hydrogen (secondary N) is 1. The molecular weight excluding hydrogens is 338 g/mol. The Morgan fingerprint density at radius 3 is 2.63 bits per heavy atom. The molecule has 0 radical (unpaired) electrons. The lowest BCUT2D eigenvalue weighted by Gasteiger charge is -2.16. The minimum absolute atomic E-state index is 0.153. The summed E-state index contributed by atoms with van der Waals surface area (Å²) in [6.07, 6.45) is 6.72. The highest BCUT2D eigenvalue weighted by molar-refractivity contribution is 6.05. The number of aromatic nitrogens is 4. The number of aryl methyl sites for hydroxylation is 4. The third-order valence-electron chi connectivity index (χ3n) is 5.25. The molecule has 0 spiro atoms. The predicted molar refractivity (Wildman–Crippen MR) is 105 cm³/mol. The predicted octanol–water partition coefficient (Wildman–Crippen LogP) is 3.35. The Bertz CT molecular complexity index is 999. The maximum absolute atomic E-state index is 13.1. The summed E-state index contributed by atoms with van der Waals surface area (Å²) in [7, 11) is 1.87. The van der Waals surface area contributed by atoms with E-state index >= 15 is 0 Å². The van der Waals surface area contributed by atoms with Gasteiger partial charge in [-0.15, -0.1) is 0 Å². The van der Waals surface area contributed by atoms with Gasteiger partial charge in [0, 0.05) is 24.5 Å². The molecule has 1 amide bonds. The second-order valence-corrected chi connectivity index (χ2v) is 6.81. The molecule has 6 heteroatoms. The molecule has 0 fully saturated rings. The van der Waals surface area contributed by atoms with Gasteiger partial charge in [0.1, 0.15) is 6.33 Å². The molecule has 2 aromatic heterocycles. The van der Waals surface area contributed by atoms with E-state index in [0.29, 0.717) is 5.69 Å². The fourth-order valence-electron chi connectivity index (χ4n) is 3.87. The molecule has 0 saturated heterocycles. The molecule has 1 aliphatic carbocycles. The number of fused-ring (bicyclic) bond motifs is 3. The van der Waals surface area contributed by atoms with E-state index in [1.54, 1.807) is 11.0 Å². The number of para-hydroxylation sites is 1. The first-order chi connectivity index (χ1) is 13.1. The van der Waals surface area contributed by atoms with E-state index in [9.17, 15) is 4.79 Å². The van der Waals surface area contributed by atoms with E-state index in [1.807, 2.05) is 19.3 Å². The van der Waals surface area contributed by atoms with Gasteiger partial charge in [-0.2, -0.15) is 5.10 Å². The molecule has 2 heterocycles. The molecule has 0 unspecified atom stereocenters. The number of nitrogens with zero attached hydrogens (tertiary/aromatic N) is 4. The SMILES string of the molecule is CCc1cccc(CC)c1NC(=O)c1nn(C)c2c1CCc1cncnc1-2. The third-order valence-corrected chi connectivity index (χ3v) is 5.25. The van der Waals surface area contributed by atoms with Gasteiger partial charge in [0.25, 0.3) is 5.91 Å². The highest BCUT2D eigenvalue weighted by Gasteiger charge is 2.28. The van der Waals surface area contributed by atoms with Crippen molar-refractivity contribution < 1.29 is 4.79 Å². The molecule has 0 aliphatic heterocycles. The highest BCUT2D eigenvalue weighted by Crippen LogP contribution is 2.33. The van der Waals surface area contributed by atoms with Crippen molar-refractivity contribution in [1.29, 1.82) is 0 Å². The van der Waals surface area contributed by atoms with Crippen molar-refractivity contribution in [2.24, 2.45) is 7.05 Å². The summed E-state index contributed by atoms with van der Waals surface area (Å²) in [6.45, 7) is 4.20. The summed E-state index contributed by atoms with van der Waals surface area (Å²) in [4.78, 5) is 21.7. The van der Waals surface area contributed by atoms with E-state index in [1.165, 1.54) is 0 Å². The van der Waals surface area contributed by atoms with Gasteiger partial charge in [0.15, 0.2) is 5.69 Å². The molecule has 1 aliphatic rings. The molecule has 27 heavy (non-hydrogen) atoms. The normalized spacial score (nSPS) is 12.4. The van der Waals surface area contributed by atoms with E-state index in [0.717, 1.165) is 65.0 Å². The Labute approximate surface area is 158 Å². The average molecular weight is 361 g/mol. The van der Waals surface area contributed by atoms with Crippen molar-refractivity contribution in [3.05, 3.63) is 58.7 Å². The summed E-state index contributed by atoms with van der Waals surface area (Å²) >= 11 is 0. The van der Waals surface area contributed by atoms with E-state index in [2.05, 4.69) is 46.4 Å². The van der Waals surface area contributed by atoms with Gasteiger partial charge in [-0.05, 0) is 42.4 Å². The zero-order chi connectivity index (χ0) is 19.0. The molecule has 0 atom stereocenters. The first-order valence-electron chi connectivity index (χ1n) is 9.41. The number of rotatable bonds is 4. The van der Waals surface area contributed by atoms with Crippen LogP contribution in [0.2, 0.25) is 0 Å². The fourth-order valence-corrected chi connectivity index (χ4v) is 3.87. The number of amides is 1. The van der Waals surface area contributed by atoms with Crippen LogP contribution in [0.4, 0.5) is 5.69 Å². The number of benzene rings is 1. The average Bonchev–Trinajstić information content (AvgIpc) is 3.05. The van der Waals surface area contributed by atoms with Gasteiger partial charge >= 0.3 is 0 Å². The van der Waals surface area contributed by atoms with Crippen LogP contribution in [0.3, 0.4) is 0 Å². The van der Waals surface area contributed by atoms with Crippen molar-refractivity contribution >= 4 is 11.6 Å². The highest BCUT2D eigenvalue weighted by atomic mass is 16.2. The lowest BCUT2D eigenvalue weighted by molar-refractivity contribution is 0.102. The number of hydrogen-bond donors (Lipinski definition) is 1.